The minimum Gasteiger partial charge on any atom is -0.464 e. The molecule has 0 bridgehead atoms. The molecule has 1 aromatic heterocycles. The van der Waals surface area contributed by atoms with Crippen molar-refractivity contribution < 1.29 is 9.47 Å². The normalized spacial score (nSPS) is 10.6. The van der Waals surface area contributed by atoms with Crippen molar-refractivity contribution in [2.45, 2.75) is 27.2 Å². The van der Waals surface area contributed by atoms with Crippen LogP contribution < -0.4 is 14.8 Å². The lowest BCUT2D eigenvalue weighted by atomic mass is 10.5. The number of ether oxygens (including phenoxy) is 2. The molecule has 0 radical (unpaired) electrons. The van der Waals surface area contributed by atoms with E-state index in [9.17, 15) is 0 Å². The van der Waals surface area contributed by atoms with Gasteiger partial charge >= 0.3 is 12.0 Å². The largest absolute Gasteiger partial charge is 0.464 e. The van der Waals surface area contributed by atoms with E-state index < -0.39 is 0 Å². The zero-order chi connectivity index (χ0) is 13.2. The summed E-state index contributed by atoms with van der Waals surface area (Å²) in [6, 6.07) is 0.548. The van der Waals surface area contributed by atoms with Crippen LogP contribution in [0.1, 0.15) is 27.2 Å². The quantitative estimate of drug-likeness (QED) is 0.714. The number of nitrogens with zero attached hydrogens (tertiary/aromatic N) is 3. The van der Waals surface area contributed by atoms with Crippen molar-refractivity contribution in [2.24, 2.45) is 0 Å². The standard InChI is InChI=1S/C12H20N4O2/c1-4-7-9-18-12-15-10(13-8-5-2)14-11(16-12)17-6-3/h4,7H,5-6,8-9H2,1-3H3,(H,13,14,15,16)/b7-4+. The van der Waals surface area contributed by atoms with Gasteiger partial charge in [-0.15, -0.1) is 4.98 Å². The Bertz CT molecular complexity index is 382. The number of aromatic nitrogens is 3. The van der Waals surface area contributed by atoms with E-state index in [0.717, 1.165) is 13.0 Å². The number of hydrogen-bond acceptors (Lipinski definition) is 6. The van der Waals surface area contributed by atoms with Crippen LogP contribution in [-0.2, 0) is 0 Å². The summed E-state index contributed by atoms with van der Waals surface area (Å²) in [7, 11) is 0. The maximum absolute atomic E-state index is 5.39. The molecule has 0 saturated heterocycles. The van der Waals surface area contributed by atoms with Crippen LogP contribution in [0.3, 0.4) is 0 Å². The van der Waals surface area contributed by atoms with E-state index in [1.807, 2.05) is 26.0 Å². The summed E-state index contributed by atoms with van der Waals surface area (Å²) in [6.07, 6.45) is 4.77. The van der Waals surface area contributed by atoms with Crippen LogP contribution in [0.4, 0.5) is 5.95 Å². The molecule has 0 amide bonds. The number of anilines is 1. The van der Waals surface area contributed by atoms with Gasteiger partial charge in [-0.3, -0.25) is 0 Å². The van der Waals surface area contributed by atoms with Crippen molar-refractivity contribution in [3.8, 4) is 12.0 Å². The SMILES string of the molecule is C/C=C/COc1nc(NCCC)nc(OCC)n1. The van der Waals surface area contributed by atoms with Gasteiger partial charge in [0.2, 0.25) is 5.95 Å². The van der Waals surface area contributed by atoms with Crippen molar-refractivity contribution in [1.29, 1.82) is 0 Å². The predicted octanol–water partition coefficient (Wildman–Crippen LogP) is 2.05. The molecular weight excluding hydrogens is 232 g/mol. The molecule has 0 unspecified atom stereocenters. The second-order valence-corrected chi connectivity index (χ2v) is 3.46. The molecule has 0 aromatic carbocycles. The smallest absolute Gasteiger partial charge is 0.324 e. The summed E-state index contributed by atoms with van der Waals surface area (Å²) >= 11 is 0. The Morgan fingerprint density at radius 3 is 2.44 bits per heavy atom. The maximum atomic E-state index is 5.39. The van der Waals surface area contributed by atoms with Gasteiger partial charge < -0.3 is 14.8 Å². The molecule has 1 aromatic rings. The molecular formula is C12H20N4O2. The highest BCUT2D eigenvalue weighted by atomic mass is 16.5. The zero-order valence-electron chi connectivity index (χ0n) is 11.1. The summed E-state index contributed by atoms with van der Waals surface area (Å²) in [5.41, 5.74) is 0. The van der Waals surface area contributed by atoms with Crippen LogP contribution in [0, 0.1) is 0 Å². The van der Waals surface area contributed by atoms with Crippen LogP contribution in [0.25, 0.3) is 0 Å². The van der Waals surface area contributed by atoms with E-state index in [2.05, 4.69) is 27.2 Å². The van der Waals surface area contributed by atoms with Gasteiger partial charge in [-0.05, 0) is 20.3 Å². The first kappa shape index (κ1) is 14.2. The minimum atomic E-state index is 0.269. The summed E-state index contributed by atoms with van der Waals surface area (Å²) in [5, 5.41) is 3.08. The summed E-state index contributed by atoms with van der Waals surface area (Å²) in [4.78, 5) is 12.4. The van der Waals surface area contributed by atoms with Crippen LogP contribution in [0.5, 0.6) is 12.0 Å². The highest BCUT2D eigenvalue weighted by molar-refractivity contribution is 5.27. The van der Waals surface area contributed by atoms with Gasteiger partial charge in [-0.25, -0.2) is 0 Å². The van der Waals surface area contributed by atoms with Crippen LogP contribution in [0.15, 0.2) is 12.2 Å². The van der Waals surface area contributed by atoms with Gasteiger partial charge in [0.1, 0.15) is 6.61 Å². The Balaban J connectivity index is 2.76. The molecule has 0 saturated carbocycles. The zero-order valence-corrected chi connectivity index (χ0v) is 11.1. The Kier molecular flexibility index (Phi) is 6.53. The lowest BCUT2D eigenvalue weighted by Gasteiger charge is -2.08. The molecule has 1 heterocycles. The molecule has 0 fully saturated rings. The number of hydrogen-bond donors (Lipinski definition) is 1. The molecule has 0 atom stereocenters. The third-order valence-corrected chi connectivity index (χ3v) is 1.95. The summed E-state index contributed by atoms with van der Waals surface area (Å²) in [6.45, 7) is 7.61. The average molecular weight is 252 g/mol. The third-order valence-electron chi connectivity index (χ3n) is 1.95. The predicted molar refractivity (Wildman–Crippen MR) is 70.1 cm³/mol. The van der Waals surface area contributed by atoms with Gasteiger partial charge in [0.15, 0.2) is 0 Å². The molecule has 0 spiro atoms. The second kappa shape index (κ2) is 8.27. The second-order valence-electron chi connectivity index (χ2n) is 3.46. The lowest BCUT2D eigenvalue weighted by Crippen LogP contribution is -2.09. The Morgan fingerprint density at radius 2 is 1.83 bits per heavy atom. The molecule has 0 aliphatic heterocycles. The number of nitrogens with one attached hydrogen (secondary N) is 1. The first-order chi connectivity index (χ1) is 8.80. The van der Waals surface area contributed by atoms with Crippen molar-refractivity contribution in [2.75, 3.05) is 25.1 Å². The maximum Gasteiger partial charge on any atom is 0.324 e. The van der Waals surface area contributed by atoms with E-state index in [1.165, 1.54) is 0 Å². The monoisotopic (exact) mass is 252 g/mol. The lowest BCUT2D eigenvalue weighted by molar-refractivity contribution is 0.288. The molecule has 18 heavy (non-hydrogen) atoms. The molecule has 6 nitrogen and oxygen atoms in total. The summed E-state index contributed by atoms with van der Waals surface area (Å²) < 4.78 is 10.7. The minimum absolute atomic E-state index is 0.269. The van der Waals surface area contributed by atoms with Crippen molar-refractivity contribution in [3.05, 3.63) is 12.2 Å². The Morgan fingerprint density at radius 1 is 1.11 bits per heavy atom. The third kappa shape index (κ3) is 4.99. The Hall–Kier alpha value is -1.85. The highest BCUT2D eigenvalue weighted by Crippen LogP contribution is 2.12. The molecule has 1 rings (SSSR count). The fourth-order valence-electron chi connectivity index (χ4n) is 1.13. The first-order valence-electron chi connectivity index (χ1n) is 6.16. The Labute approximate surface area is 107 Å². The molecule has 100 valence electrons. The van der Waals surface area contributed by atoms with Crippen LogP contribution in [0.2, 0.25) is 0 Å². The van der Waals surface area contributed by atoms with E-state index in [0.29, 0.717) is 19.2 Å². The topological polar surface area (TPSA) is 69.2 Å². The van der Waals surface area contributed by atoms with Crippen molar-refractivity contribution >= 4 is 5.95 Å². The fraction of sp³-hybridized carbons (Fsp3) is 0.583. The van der Waals surface area contributed by atoms with E-state index >= 15 is 0 Å². The van der Waals surface area contributed by atoms with Crippen LogP contribution >= 0.6 is 0 Å². The van der Waals surface area contributed by atoms with Crippen LogP contribution in [-0.4, -0.2) is 34.7 Å². The fourth-order valence-corrected chi connectivity index (χ4v) is 1.13. The van der Waals surface area contributed by atoms with Gasteiger partial charge in [0.25, 0.3) is 0 Å². The van der Waals surface area contributed by atoms with Crippen molar-refractivity contribution in [1.82, 2.24) is 15.0 Å². The molecule has 0 aliphatic carbocycles. The van der Waals surface area contributed by atoms with E-state index in [-0.39, 0.29) is 12.0 Å². The molecule has 6 heteroatoms. The van der Waals surface area contributed by atoms with E-state index in [1.54, 1.807) is 0 Å². The van der Waals surface area contributed by atoms with E-state index in [4.69, 9.17) is 9.47 Å². The number of rotatable bonds is 8. The first-order valence-corrected chi connectivity index (χ1v) is 6.16. The van der Waals surface area contributed by atoms with Gasteiger partial charge in [-0.1, -0.05) is 19.1 Å². The average Bonchev–Trinajstić information content (AvgIpc) is 2.37. The van der Waals surface area contributed by atoms with Crippen molar-refractivity contribution in [3.63, 3.8) is 0 Å². The highest BCUT2D eigenvalue weighted by Gasteiger charge is 2.07. The summed E-state index contributed by atoms with van der Waals surface area (Å²) in [5.74, 6) is 0.478. The molecule has 0 aliphatic rings. The molecule has 1 N–H and O–H groups in total. The van der Waals surface area contributed by atoms with Gasteiger partial charge in [0, 0.05) is 6.54 Å². The van der Waals surface area contributed by atoms with Gasteiger partial charge in [-0.2, -0.15) is 9.97 Å². The number of allylic oxidation sites excluding steroid dienone is 1. The van der Waals surface area contributed by atoms with Gasteiger partial charge in [0.05, 0.1) is 6.61 Å².